The second kappa shape index (κ2) is 10.4. The number of piperazine rings is 1. The standard InChI is InChI=1S/C22H26BrN3O3/c1-29-20-8-4-18(5-9-20)22(28)26(16-17-2-6-19(23)7-3-17)13-10-21(27)25-14-11-24-12-15-25/h2-9,24H,10-16H2,1H3. The van der Waals surface area contributed by atoms with Gasteiger partial charge in [-0.15, -0.1) is 0 Å². The van der Waals surface area contributed by atoms with E-state index >= 15 is 0 Å². The minimum absolute atomic E-state index is 0.0924. The van der Waals surface area contributed by atoms with Crippen LogP contribution in [0.5, 0.6) is 5.75 Å². The first-order valence-electron chi connectivity index (χ1n) is 9.73. The highest BCUT2D eigenvalue weighted by Gasteiger charge is 2.21. The molecule has 1 N–H and O–H groups in total. The zero-order valence-corrected chi connectivity index (χ0v) is 18.2. The molecule has 1 fully saturated rings. The molecule has 0 atom stereocenters. The fourth-order valence-corrected chi connectivity index (χ4v) is 3.55. The van der Waals surface area contributed by atoms with E-state index in [0.717, 1.165) is 36.2 Å². The second-order valence-corrected chi connectivity index (χ2v) is 7.88. The number of hydrogen-bond donors (Lipinski definition) is 1. The number of ether oxygens (including phenoxy) is 1. The third-order valence-corrected chi connectivity index (χ3v) is 5.50. The smallest absolute Gasteiger partial charge is 0.254 e. The van der Waals surface area contributed by atoms with Crippen molar-refractivity contribution < 1.29 is 14.3 Å². The number of methoxy groups -OCH3 is 1. The first-order chi connectivity index (χ1) is 14.1. The fraction of sp³-hybridized carbons (Fsp3) is 0.364. The first kappa shape index (κ1) is 21.3. The lowest BCUT2D eigenvalue weighted by Gasteiger charge is -2.29. The Labute approximate surface area is 180 Å². The molecular formula is C22H26BrN3O3. The van der Waals surface area contributed by atoms with Gasteiger partial charge in [-0.1, -0.05) is 28.1 Å². The van der Waals surface area contributed by atoms with Crippen molar-refractivity contribution >= 4 is 27.7 Å². The topological polar surface area (TPSA) is 61.9 Å². The SMILES string of the molecule is COc1ccc(C(=O)N(CCC(=O)N2CCNCC2)Cc2ccc(Br)cc2)cc1. The molecule has 0 unspecified atom stereocenters. The molecule has 1 saturated heterocycles. The number of benzene rings is 2. The van der Waals surface area contributed by atoms with Gasteiger partial charge in [0.2, 0.25) is 5.91 Å². The summed E-state index contributed by atoms with van der Waals surface area (Å²) in [6.45, 7) is 3.91. The first-order valence-corrected chi connectivity index (χ1v) is 10.5. The van der Waals surface area contributed by atoms with Gasteiger partial charge in [-0.05, 0) is 42.0 Å². The Morgan fingerprint density at radius 1 is 1.07 bits per heavy atom. The summed E-state index contributed by atoms with van der Waals surface area (Å²) < 4.78 is 6.17. The maximum atomic E-state index is 13.1. The van der Waals surface area contributed by atoms with Crippen molar-refractivity contribution in [1.29, 1.82) is 0 Å². The van der Waals surface area contributed by atoms with Gasteiger partial charge in [0.25, 0.3) is 5.91 Å². The Kier molecular flexibility index (Phi) is 7.66. The van der Waals surface area contributed by atoms with E-state index in [1.807, 2.05) is 29.2 Å². The molecule has 0 aromatic heterocycles. The van der Waals surface area contributed by atoms with Crippen LogP contribution in [0, 0.1) is 0 Å². The van der Waals surface area contributed by atoms with E-state index in [9.17, 15) is 9.59 Å². The van der Waals surface area contributed by atoms with Crippen molar-refractivity contribution in [2.75, 3.05) is 39.8 Å². The van der Waals surface area contributed by atoms with E-state index in [2.05, 4.69) is 21.2 Å². The highest BCUT2D eigenvalue weighted by Crippen LogP contribution is 2.17. The summed E-state index contributed by atoms with van der Waals surface area (Å²) in [5.41, 5.74) is 1.60. The van der Waals surface area contributed by atoms with E-state index in [1.54, 1.807) is 36.3 Å². The summed E-state index contributed by atoms with van der Waals surface area (Å²) >= 11 is 3.44. The second-order valence-electron chi connectivity index (χ2n) is 6.96. The molecule has 1 aliphatic heterocycles. The largest absolute Gasteiger partial charge is 0.497 e. The normalized spacial score (nSPS) is 13.8. The minimum Gasteiger partial charge on any atom is -0.497 e. The zero-order chi connectivity index (χ0) is 20.6. The number of amides is 2. The van der Waals surface area contributed by atoms with Crippen molar-refractivity contribution in [3.05, 3.63) is 64.1 Å². The van der Waals surface area contributed by atoms with Gasteiger partial charge in [0.1, 0.15) is 5.75 Å². The van der Waals surface area contributed by atoms with Gasteiger partial charge in [-0.3, -0.25) is 9.59 Å². The van der Waals surface area contributed by atoms with Crippen LogP contribution in [0.3, 0.4) is 0 Å². The zero-order valence-electron chi connectivity index (χ0n) is 16.6. The molecule has 29 heavy (non-hydrogen) atoms. The average molecular weight is 460 g/mol. The van der Waals surface area contributed by atoms with Gasteiger partial charge in [0.15, 0.2) is 0 Å². The molecule has 154 valence electrons. The molecule has 0 bridgehead atoms. The molecule has 2 aromatic carbocycles. The molecule has 0 spiro atoms. The number of nitrogens with zero attached hydrogens (tertiary/aromatic N) is 2. The van der Waals surface area contributed by atoms with Gasteiger partial charge in [0.05, 0.1) is 7.11 Å². The van der Waals surface area contributed by atoms with Crippen LogP contribution in [0.4, 0.5) is 0 Å². The predicted octanol–water partition coefficient (Wildman–Crippen LogP) is 2.92. The third kappa shape index (κ3) is 6.05. The highest BCUT2D eigenvalue weighted by atomic mass is 79.9. The average Bonchev–Trinajstić information content (AvgIpc) is 2.78. The van der Waals surface area contributed by atoms with Gasteiger partial charge in [-0.25, -0.2) is 0 Å². The van der Waals surface area contributed by atoms with Gasteiger partial charge >= 0.3 is 0 Å². The highest BCUT2D eigenvalue weighted by molar-refractivity contribution is 9.10. The Balaban J connectivity index is 1.71. The molecular weight excluding hydrogens is 434 g/mol. The van der Waals surface area contributed by atoms with E-state index in [1.165, 1.54) is 0 Å². The minimum atomic E-state index is -0.0938. The lowest BCUT2D eigenvalue weighted by Crippen LogP contribution is -2.47. The molecule has 0 aliphatic carbocycles. The van der Waals surface area contributed by atoms with Crippen molar-refractivity contribution in [2.24, 2.45) is 0 Å². The van der Waals surface area contributed by atoms with Crippen LogP contribution < -0.4 is 10.1 Å². The molecule has 1 aliphatic rings. The van der Waals surface area contributed by atoms with Crippen molar-refractivity contribution in [1.82, 2.24) is 15.1 Å². The molecule has 0 saturated carbocycles. The lowest BCUT2D eigenvalue weighted by molar-refractivity contribution is -0.132. The maximum Gasteiger partial charge on any atom is 0.254 e. The number of rotatable bonds is 7. The Morgan fingerprint density at radius 2 is 1.72 bits per heavy atom. The number of carbonyl (C=O) groups excluding carboxylic acids is 2. The maximum absolute atomic E-state index is 13.1. The van der Waals surface area contributed by atoms with Crippen LogP contribution in [-0.4, -0.2) is 61.4 Å². The molecule has 0 radical (unpaired) electrons. The van der Waals surface area contributed by atoms with Gasteiger partial charge in [-0.2, -0.15) is 0 Å². The number of halogens is 1. The van der Waals surface area contributed by atoms with Crippen molar-refractivity contribution in [3.63, 3.8) is 0 Å². The number of nitrogens with one attached hydrogen (secondary N) is 1. The summed E-state index contributed by atoms with van der Waals surface area (Å²) in [5.74, 6) is 0.702. The van der Waals surface area contributed by atoms with Crippen LogP contribution in [-0.2, 0) is 11.3 Å². The van der Waals surface area contributed by atoms with Crippen molar-refractivity contribution in [2.45, 2.75) is 13.0 Å². The summed E-state index contributed by atoms with van der Waals surface area (Å²) in [7, 11) is 1.60. The van der Waals surface area contributed by atoms with Crippen LogP contribution in [0.15, 0.2) is 53.0 Å². The van der Waals surface area contributed by atoms with E-state index in [0.29, 0.717) is 30.8 Å². The monoisotopic (exact) mass is 459 g/mol. The van der Waals surface area contributed by atoms with Crippen molar-refractivity contribution in [3.8, 4) is 5.75 Å². The third-order valence-electron chi connectivity index (χ3n) is 4.98. The molecule has 3 rings (SSSR count). The van der Waals surface area contributed by atoms with E-state index in [-0.39, 0.29) is 11.8 Å². The van der Waals surface area contributed by atoms with Crippen LogP contribution in [0.25, 0.3) is 0 Å². The summed E-state index contributed by atoms with van der Waals surface area (Å²) in [5, 5.41) is 3.25. The van der Waals surface area contributed by atoms with E-state index in [4.69, 9.17) is 4.74 Å². The van der Waals surface area contributed by atoms with Crippen LogP contribution in [0.2, 0.25) is 0 Å². The Hall–Kier alpha value is -2.38. The van der Waals surface area contributed by atoms with Crippen LogP contribution in [0.1, 0.15) is 22.3 Å². The Bertz CT molecular complexity index is 818. The summed E-state index contributed by atoms with van der Waals surface area (Å²) in [6.07, 6.45) is 0.318. The summed E-state index contributed by atoms with van der Waals surface area (Å²) in [4.78, 5) is 29.3. The molecule has 1 heterocycles. The molecule has 6 nitrogen and oxygen atoms in total. The number of carbonyl (C=O) groups is 2. The van der Waals surface area contributed by atoms with E-state index < -0.39 is 0 Å². The lowest BCUT2D eigenvalue weighted by atomic mass is 10.1. The quantitative estimate of drug-likeness (QED) is 0.691. The Morgan fingerprint density at radius 3 is 2.34 bits per heavy atom. The fourth-order valence-electron chi connectivity index (χ4n) is 3.28. The molecule has 2 amide bonds. The van der Waals surface area contributed by atoms with Crippen LogP contribution >= 0.6 is 15.9 Å². The van der Waals surface area contributed by atoms with Gasteiger partial charge < -0.3 is 19.9 Å². The van der Waals surface area contributed by atoms with Gasteiger partial charge in [0, 0.05) is 55.7 Å². The molecule has 7 heteroatoms. The predicted molar refractivity (Wildman–Crippen MR) is 116 cm³/mol. The number of hydrogen-bond acceptors (Lipinski definition) is 4. The molecule has 2 aromatic rings. The summed E-state index contributed by atoms with van der Waals surface area (Å²) in [6, 6.07) is 14.9.